The second kappa shape index (κ2) is 7.35. The highest BCUT2D eigenvalue weighted by Crippen LogP contribution is 2.33. The van der Waals surface area contributed by atoms with Gasteiger partial charge in [-0.3, -0.25) is 4.79 Å². The summed E-state index contributed by atoms with van der Waals surface area (Å²) >= 11 is 5.90. The lowest BCUT2D eigenvalue weighted by Gasteiger charge is -2.19. The monoisotopic (exact) mass is 466 g/mol. The van der Waals surface area contributed by atoms with E-state index in [1.807, 2.05) is 0 Å². The maximum absolute atomic E-state index is 14.0. The number of benzene rings is 2. The van der Waals surface area contributed by atoms with Gasteiger partial charge in [0.25, 0.3) is 0 Å². The molecule has 0 amide bonds. The summed E-state index contributed by atoms with van der Waals surface area (Å²) in [5, 5.41) is 0. The van der Waals surface area contributed by atoms with Gasteiger partial charge in [0, 0.05) is 24.0 Å². The number of halogens is 6. The number of ketones is 1. The van der Waals surface area contributed by atoms with Crippen molar-refractivity contribution in [1.82, 2.24) is 0 Å². The van der Waals surface area contributed by atoms with Crippen LogP contribution in [0.4, 0.5) is 17.6 Å². The van der Waals surface area contributed by atoms with Gasteiger partial charge in [-0.2, -0.15) is 0 Å². The summed E-state index contributed by atoms with van der Waals surface area (Å²) in [6.45, 7) is 2.91. The van der Waals surface area contributed by atoms with Gasteiger partial charge in [-0.05, 0) is 55.1 Å². The fraction of sp³-hybridized carbons (Fsp3) is 0.235. The van der Waals surface area contributed by atoms with Gasteiger partial charge in [0.1, 0.15) is 29.1 Å². The Kier molecular flexibility index (Phi) is 5.86. The van der Waals surface area contributed by atoms with Crippen LogP contribution >= 0.6 is 31.9 Å². The van der Waals surface area contributed by atoms with E-state index in [4.69, 9.17) is 0 Å². The molecule has 2 aromatic rings. The van der Waals surface area contributed by atoms with Crippen molar-refractivity contribution in [3.63, 3.8) is 0 Å². The van der Waals surface area contributed by atoms with Crippen molar-refractivity contribution in [1.29, 1.82) is 0 Å². The summed E-state index contributed by atoms with van der Waals surface area (Å²) < 4.78 is 54.6. The Morgan fingerprint density at radius 2 is 1.08 bits per heavy atom. The summed E-state index contributed by atoms with van der Waals surface area (Å²) in [5.41, 5.74) is 0.00317. The van der Waals surface area contributed by atoms with E-state index in [9.17, 15) is 22.4 Å². The number of carbonyl (C=O) groups is 1. The third kappa shape index (κ3) is 3.72. The molecule has 0 saturated carbocycles. The van der Waals surface area contributed by atoms with Crippen molar-refractivity contribution in [3.8, 4) is 0 Å². The predicted octanol–water partition coefficient (Wildman–Crippen LogP) is 6.24. The normalized spacial score (nSPS) is 13.7. The Morgan fingerprint density at radius 1 is 0.750 bits per heavy atom. The molecule has 0 heterocycles. The Labute approximate surface area is 153 Å². The minimum Gasteiger partial charge on any atom is -0.298 e. The molecule has 0 bridgehead atoms. The molecule has 0 N–H and O–H groups in total. The van der Waals surface area contributed by atoms with E-state index >= 15 is 0 Å². The van der Waals surface area contributed by atoms with E-state index in [-0.39, 0.29) is 20.1 Å². The number of hydrogen-bond acceptors (Lipinski definition) is 1. The Morgan fingerprint density at radius 3 is 1.42 bits per heavy atom. The summed E-state index contributed by atoms with van der Waals surface area (Å²) in [6.07, 6.45) is 0. The Balaban J connectivity index is 2.38. The van der Waals surface area contributed by atoms with E-state index in [2.05, 4.69) is 31.9 Å². The Bertz CT molecular complexity index is 742. The molecule has 0 radical (unpaired) electrons. The second-order valence-corrected chi connectivity index (χ2v) is 7.13. The average Bonchev–Trinajstić information content (AvgIpc) is 2.52. The number of rotatable bonds is 4. The van der Waals surface area contributed by atoms with Gasteiger partial charge in [0.05, 0.1) is 8.95 Å². The maximum Gasteiger partial charge on any atom is 0.147 e. The van der Waals surface area contributed by atoms with Crippen LogP contribution in [0.3, 0.4) is 0 Å². The highest BCUT2D eigenvalue weighted by Gasteiger charge is 2.28. The van der Waals surface area contributed by atoms with Crippen LogP contribution in [0.5, 0.6) is 0 Å². The molecule has 7 heteroatoms. The van der Waals surface area contributed by atoms with Crippen molar-refractivity contribution in [2.75, 3.05) is 0 Å². The zero-order valence-corrected chi connectivity index (χ0v) is 15.8. The zero-order valence-electron chi connectivity index (χ0n) is 12.6. The van der Waals surface area contributed by atoms with Crippen molar-refractivity contribution in [2.24, 2.45) is 0 Å². The van der Waals surface area contributed by atoms with Crippen LogP contribution < -0.4 is 0 Å². The van der Waals surface area contributed by atoms with Gasteiger partial charge >= 0.3 is 0 Å². The van der Waals surface area contributed by atoms with Crippen LogP contribution in [0.25, 0.3) is 0 Å². The highest BCUT2D eigenvalue weighted by molar-refractivity contribution is 9.10. The molecule has 0 fully saturated rings. The minimum absolute atomic E-state index is 0.00158. The highest BCUT2D eigenvalue weighted by atomic mass is 79.9. The fourth-order valence-electron chi connectivity index (χ4n) is 2.42. The second-order valence-electron chi connectivity index (χ2n) is 5.42. The van der Waals surface area contributed by atoms with Crippen molar-refractivity contribution >= 4 is 37.6 Å². The lowest BCUT2D eigenvalue weighted by Crippen LogP contribution is -2.19. The van der Waals surface area contributed by atoms with Crippen LogP contribution in [-0.4, -0.2) is 5.78 Å². The largest absolute Gasteiger partial charge is 0.298 e. The summed E-state index contributed by atoms with van der Waals surface area (Å²) in [7, 11) is 0. The molecule has 24 heavy (non-hydrogen) atoms. The van der Waals surface area contributed by atoms with Crippen LogP contribution in [0, 0.1) is 23.3 Å². The summed E-state index contributed by atoms with van der Waals surface area (Å²) in [6, 6.07) is 3.75. The fourth-order valence-corrected chi connectivity index (χ4v) is 3.14. The topological polar surface area (TPSA) is 17.1 Å². The maximum atomic E-state index is 14.0. The number of Topliss-reactive ketones (excluding diaryl/α,β-unsaturated/α-hetero) is 1. The summed E-state index contributed by atoms with van der Waals surface area (Å²) in [4.78, 5) is 12.6. The predicted molar refractivity (Wildman–Crippen MR) is 90.0 cm³/mol. The van der Waals surface area contributed by atoms with E-state index in [0.717, 1.165) is 0 Å². The average molecular weight is 468 g/mol. The first-order valence-corrected chi connectivity index (χ1v) is 8.54. The standard InChI is InChI=1S/C17H12Br2F4O/c1-7(9-3-11(18)15(22)5-13(9)20)17(24)8(2)10-4-12(19)16(23)6-14(10)21/h3-8H,1-2H3. The molecule has 2 aromatic carbocycles. The van der Waals surface area contributed by atoms with E-state index in [1.165, 1.54) is 26.0 Å². The van der Waals surface area contributed by atoms with Gasteiger partial charge < -0.3 is 0 Å². The van der Waals surface area contributed by atoms with Crippen molar-refractivity contribution in [2.45, 2.75) is 25.7 Å². The Hall–Kier alpha value is -1.21. The lowest BCUT2D eigenvalue weighted by atomic mass is 9.85. The van der Waals surface area contributed by atoms with Crippen LogP contribution in [0.1, 0.15) is 36.8 Å². The smallest absolute Gasteiger partial charge is 0.147 e. The molecule has 0 saturated heterocycles. The van der Waals surface area contributed by atoms with E-state index in [0.29, 0.717) is 12.1 Å². The number of hydrogen-bond donors (Lipinski definition) is 0. The molecule has 2 rings (SSSR count). The molecule has 2 unspecified atom stereocenters. The molecular weight excluding hydrogens is 456 g/mol. The van der Waals surface area contributed by atoms with Gasteiger partial charge in [-0.25, -0.2) is 17.6 Å². The molecule has 0 aliphatic rings. The number of carbonyl (C=O) groups excluding carboxylic acids is 1. The SMILES string of the molecule is CC(C(=O)C(C)c1cc(Br)c(F)cc1F)c1cc(Br)c(F)cc1F. The van der Waals surface area contributed by atoms with Crippen LogP contribution in [-0.2, 0) is 4.79 Å². The van der Waals surface area contributed by atoms with Crippen molar-refractivity contribution < 1.29 is 22.4 Å². The van der Waals surface area contributed by atoms with Gasteiger partial charge in [-0.1, -0.05) is 13.8 Å². The third-order valence-electron chi connectivity index (χ3n) is 3.87. The molecule has 0 aliphatic carbocycles. The molecule has 2 atom stereocenters. The first-order valence-electron chi connectivity index (χ1n) is 6.96. The molecular formula is C17H12Br2F4O. The first-order chi connectivity index (χ1) is 11.1. The summed E-state index contributed by atoms with van der Waals surface area (Å²) in [5.74, 6) is -5.60. The van der Waals surface area contributed by atoms with Crippen LogP contribution in [0.2, 0.25) is 0 Å². The molecule has 128 valence electrons. The third-order valence-corrected chi connectivity index (χ3v) is 5.08. The van der Waals surface area contributed by atoms with Gasteiger partial charge in [0.15, 0.2) is 0 Å². The van der Waals surface area contributed by atoms with E-state index < -0.39 is 40.9 Å². The molecule has 0 spiro atoms. The van der Waals surface area contributed by atoms with Gasteiger partial charge in [0.2, 0.25) is 0 Å². The molecule has 0 aliphatic heterocycles. The first kappa shape index (κ1) is 19.1. The van der Waals surface area contributed by atoms with E-state index in [1.54, 1.807) is 0 Å². The zero-order chi connectivity index (χ0) is 18.2. The molecule has 0 aromatic heterocycles. The molecule has 1 nitrogen and oxygen atoms in total. The van der Waals surface area contributed by atoms with Crippen LogP contribution in [0.15, 0.2) is 33.2 Å². The van der Waals surface area contributed by atoms with Gasteiger partial charge in [-0.15, -0.1) is 0 Å². The minimum atomic E-state index is -0.930. The lowest BCUT2D eigenvalue weighted by molar-refractivity contribution is -0.121. The quantitative estimate of drug-likeness (QED) is 0.384. The van der Waals surface area contributed by atoms with Crippen molar-refractivity contribution in [3.05, 3.63) is 67.6 Å².